The molecule has 0 aliphatic carbocycles. The normalized spacial score (nSPS) is 10.1. The van der Waals surface area contributed by atoms with Gasteiger partial charge in [-0.3, -0.25) is 0 Å². The van der Waals surface area contributed by atoms with E-state index in [-0.39, 0.29) is 0 Å². The molecule has 0 spiro atoms. The third kappa shape index (κ3) is 2.12. The number of nitrogens with zero attached hydrogens (tertiary/aromatic N) is 3. The molecule has 0 N–H and O–H groups in total. The van der Waals surface area contributed by atoms with Gasteiger partial charge in [-0.15, -0.1) is 0 Å². The average molecular weight is 306 g/mol. The molecule has 1 heterocycles. The molecule has 0 amide bonds. The zero-order chi connectivity index (χ0) is 13.1. The van der Waals surface area contributed by atoms with E-state index in [1.165, 1.54) is 0 Å². The largest absolute Gasteiger partial charge is 0.496 e. The Kier molecular flexibility index (Phi) is 3.68. The number of methoxy groups -OCH3 is 1. The van der Waals surface area contributed by atoms with Gasteiger partial charge in [0.05, 0.1) is 30.9 Å². The van der Waals surface area contributed by atoms with E-state index in [0.717, 1.165) is 22.8 Å². The maximum atomic E-state index is 8.81. The Bertz CT molecular complexity index is 613. The second-order valence-electron chi connectivity index (χ2n) is 3.77. The summed E-state index contributed by atoms with van der Waals surface area (Å²) in [7, 11) is 3.53. The summed E-state index contributed by atoms with van der Waals surface area (Å²) in [5, 5.41) is 8.81. The fourth-order valence-electron chi connectivity index (χ4n) is 1.84. The van der Waals surface area contributed by atoms with Crippen LogP contribution in [-0.4, -0.2) is 16.7 Å². The van der Waals surface area contributed by atoms with E-state index >= 15 is 0 Å². The first-order valence-corrected chi connectivity index (χ1v) is 6.19. The molecule has 0 aliphatic heterocycles. The number of aromatic nitrogens is 2. The van der Waals surface area contributed by atoms with E-state index in [1.54, 1.807) is 7.11 Å². The highest BCUT2D eigenvalue weighted by atomic mass is 79.9. The van der Waals surface area contributed by atoms with Crippen molar-refractivity contribution in [2.75, 3.05) is 7.11 Å². The van der Waals surface area contributed by atoms with Gasteiger partial charge in [0.1, 0.15) is 16.2 Å². The van der Waals surface area contributed by atoms with Crippen molar-refractivity contribution in [1.82, 2.24) is 9.55 Å². The Morgan fingerprint density at radius 3 is 2.83 bits per heavy atom. The molecular weight excluding hydrogens is 294 g/mol. The van der Waals surface area contributed by atoms with Crippen molar-refractivity contribution in [3.8, 4) is 23.2 Å². The summed E-state index contributed by atoms with van der Waals surface area (Å²) in [4.78, 5) is 4.46. The Morgan fingerprint density at radius 1 is 1.44 bits per heavy atom. The lowest BCUT2D eigenvalue weighted by Crippen LogP contribution is -1.99. The molecule has 1 aromatic heterocycles. The molecule has 0 saturated heterocycles. The molecule has 18 heavy (non-hydrogen) atoms. The second kappa shape index (κ2) is 5.23. The lowest BCUT2D eigenvalue weighted by molar-refractivity contribution is 0.416. The quantitative estimate of drug-likeness (QED) is 0.876. The van der Waals surface area contributed by atoms with Crippen LogP contribution in [0.5, 0.6) is 5.75 Å². The molecule has 2 rings (SSSR count). The third-order valence-electron chi connectivity index (χ3n) is 2.76. The summed E-state index contributed by atoms with van der Waals surface area (Å²) in [5.41, 5.74) is 1.77. The summed E-state index contributed by atoms with van der Waals surface area (Å²) in [6, 6.07) is 9.82. The zero-order valence-electron chi connectivity index (χ0n) is 10.1. The molecule has 0 aliphatic rings. The minimum atomic E-state index is 0.319. The minimum Gasteiger partial charge on any atom is -0.496 e. The van der Waals surface area contributed by atoms with Crippen LogP contribution in [0.3, 0.4) is 0 Å². The van der Waals surface area contributed by atoms with Crippen LogP contribution < -0.4 is 4.74 Å². The Hall–Kier alpha value is -1.80. The fraction of sp³-hybridized carbons (Fsp3) is 0.231. The highest BCUT2D eigenvalue weighted by Crippen LogP contribution is 2.31. The van der Waals surface area contributed by atoms with Crippen molar-refractivity contribution >= 4 is 15.9 Å². The highest BCUT2D eigenvalue weighted by molar-refractivity contribution is 9.10. The van der Waals surface area contributed by atoms with E-state index in [0.29, 0.717) is 11.0 Å². The topological polar surface area (TPSA) is 50.8 Å². The Balaban J connectivity index is 2.59. The van der Waals surface area contributed by atoms with Crippen LogP contribution in [0.15, 0.2) is 28.9 Å². The van der Waals surface area contributed by atoms with Crippen molar-refractivity contribution in [2.24, 2.45) is 7.05 Å². The number of rotatable bonds is 3. The van der Waals surface area contributed by atoms with Gasteiger partial charge >= 0.3 is 0 Å². The second-order valence-corrected chi connectivity index (χ2v) is 4.52. The van der Waals surface area contributed by atoms with Crippen LogP contribution in [-0.2, 0) is 13.5 Å². The maximum absolute atomic E-state index is 8.81. The molecule has 92 valence electrons. The van der Waals surface area contributed by atoms with Gasteiger partial charge in [-0.2, -0.15) is 5.26 Å². The SMILES string of the molecule is COc1ccccc1-c1nc(Br)c(CC#N)n1C. The van der Waals surface area contributed by atoms with E-state index in [1.807, 2.05) is 35.9 Å². The third-order valence-corrected chi connectivity index (χ3v) is 3.39. The molecule has 4 nitrogen and oxygen atoms in total. The number of nitriles is 1. The number of halogens is 1. The van der Waals surface area contributed by atoms with Gasteiger partial charge in [0.15, 0.2) is 0 Å². The minimum absolute atomic E-state index is 0.319. The number of hydrogen-bond acceptors (Lipinski definition) is 3. The first-order valence-electron chi connectivity index (χ1n) is 5.40. The van der Waals surface area contributed by atoms with Crippen LogP contribution in [0.1, 0.15) is 5.69 Å². The van der Waals surface area contributed by atoms with Crippen molar-refractivity contribution in [3.63, 3.8) is 0 Å². The standard InChI is InChI=1S/C13H12BrN3O/c1-17-10(7-8-15)12(14)16-13(17)9-5-3-4-6-11(9)18-2/h3-6H,7H2,1-2H3. The van der Waals surface area contributed by atoms with Crippen molar-refractivity contribution < 1.29 is 4.74 Å². The molecular formula is C13H12BrN3O. The number of imidazole rings is 1. The number of para-hydroxylation sites is 1. The lowest BCUT2D eigenvalue weighted by Gasteiger charge is -2.08. The average Bonchev–Trinajstić information content (AvgIpc) is 2.67. The van der Waals surface area contributed by atoms with Crippen LogP contribution >= 0.6 is 15.9 Å². The number of ether oxygens (including phenoxy) is 1. The molecule has 5 heteroatoms. The first kappa shape index (κ1) is 12.7. The van der Waals surface area contributed by atoms with Crippen LogP contribution in [0.4, 0.5) is 0 Å². The van der Waals surface area contributed by atoms with Gasteiger partial charge in [0.25, 0.3) is 0 Å². The summed E-state index contributed by atoms with van der Waals surface area (Å²) in [6.45, 7) is 0. The summed E-state index contributed by atoms with van der Waals surface area (Å²) < 4.78 is 7.94. The van der Waals surface area contributed by atoms with E-state index < -0.39 is 0 Å². The van der Waals surface area contributed by atoms with Gasteiger partial charge in [-0.25, -0.2) is 4.98 Å². The summed E-state index contributed by atoms with van der Waals surface area (Å²) >= 11 is 3.39. The monoisotopic (exact) mass is 305 g/mol. The molecule has 1 aromatic carbocycles. The van der Waals surface area contributed by atoms with Crippen molar-refractivity contribution in [3.05, 3.63) is 34.6 Å². The van der Waals surface area contributed by atoms with E-state index in [4.69, 9.17) is 10.00 Å². The number of benzene rings is 1. The predicted molar refractivity (Wildman–Crippen MR) is 72.2 cm³/mol. The van der Waals surface area contributed by atoms with E-state index in [9.17, 15) is 0 Å². The van der Waals surface area contributed by atoms with Crippen LogP contribution in [0.2, 0.25) is 0 Å². The van der Waals surface area contributed by atoms with Gasteiger partial charge < -0.3 is 9.30 Å². The fourth-order valence-corrected chi connectivity index (χ4v) is 2.41. The van der Waals surface area contributed by atoms with Gasteiger partial charge in [-0.1, -0.05) is 12.1 Å². The van der Waals surface area contributed by atoms with E-state index in [2.05, 4.69) is 27.0 Å². The number of hydrogen-bond donors (Lipinski definition) is 0. The molecule has 0 fully saturated rings. The highest BCUT2D eigenvalue weighted by Gasteiger charge is 2.16. The summed E-state index contributed by atoms with van der Waals surface area (Å²) in [5.74, 6) is 1.55. The molecule has 0 bridgehead atoms. The Labute approximate surface area is 114 Å². The van der Waals surface area contributed by atoms with Crippen molar-refractivity contribution in [2.45, 2.75) is 6.42 Å². The van der Waals surface area contributed by atoms with Crippen LogP contribution in [0, 0.1) is 11.3 Å². The molecule has 0 radical (unpaired) electrons. The Morgan fingerprint density at radius 2 is 2.17 bits per heavy atom. The maximum Gasteiger partial charge on any atom is 0.145 e. The first-order chi connectivity index (χ1) is 8.69. The van der Waals surface area contributed by atoms with Crippen molar-refractivity contribution in [1.29, 1.82) is 5.26 Å². The van der Waals surface area contributed by atoms with Gasteiger partial charge in [0.2, 0.25) is 0 Å². The smallest absolute Gasteiger partial charge is 0.145 e. The zero-order valence-corrected chi connectivity index (χ0v) is 11.7. The lowest BCUT2D eigenvalue weighted by atomic mass is 10.2. The molecule has 0 saturated carbocycles. The molecule has 0 unspecified atom stereocenters. The van der Waals surface area contributed by atoms with Gasteiger partial charge in [-0.05, 0) is 28.1 Å². The predicted octanol–water partition coefficient (Wildman–Crippen LogP) is 2.92. The van der Waals surface area contributed by atoms with Crippen LogP contribution in [0.25, 0.3) is 11.4 Å². The molecule has 0 atom stereocenters. The molecule has 2 aromatic rings. The van der Waals surface area contributed by atoms with Gasteiger partial charge in [0, 0.05) is 7.05 Å². The summed E-state index contributed by atoms with van der Waals surface area (Å²) in [6.07, 6.45) is 0.319.